The number of aromatic nitrogens is 5. The Morgan fingerprint density at radius 3 is 2.82 bits per heavy atom. The SMILES string of the molecule is CC[C@H](c1nnnn1Cc1ccco1)N(Cc1ccc2c(c1)OCO2)Cc1cc2ccc(C)cc2[nH]c1=O. The first-order valence-corrected chi connectivity index (χ1v) is 12.6. The molecule has 0 fully saturated rings. The van der Waals surface area contributed by atoms with Gasteiger partial charge in [0.15, 0.2) is 17.3 Å². The van der Waals surface area contributed by atoms with Crippen molar-refractivity contribution in [3.05, 3.63) is 99.5 Å². The van der Waals surface area contributed by atoms with E-state index < -0.39 is 0 Å². The number of aryl methyl sites for hydroxylation is 1. The molecule has 1 aliphatic heterocycles. The normalized spacial score (nSPS) is 13.4. The van der Waals surface area contributed by atoms with Gasteiger partial charge in [-0.25, -0.2) is 4.68 Å². The molecule has 0 radical (unpaired) electrons. The molecule has 0 amide bonds. The summed E-state index contributed by atoms with van der Waals surface area (Å²) in [5.41, 5.74) is 3.52. The molecule has 2 aromatic carbocycles. The number of nitrogens with one attached hydrogen (secondary N) is 1. The first-order chi connectivity index (χ1) is 18.6. The van der Waals surface area contributed by atoms with E-state index >= 15 is 0 Å². The number of aromatic amines is 1. The van der Waals surface area contributed by atoms with Crippen molar-refractivity contribution < 1.29 is 13.9 Å². The van der Waals surface area contributed by atoms with Crippen LogP contribution in [0.15, 0.2) is 70.1 Å². The second kappa shape index (κ2) is 10.1. The smallest absolute Gasteiger partial charge is 0.252 e. The number of hydrogen-bond acceptors (Lipinski definition) is 8. The summed E-state index contributed by atoms with van der Waals surface area (Å²) in [6.45, 7) is 5.69. The van der Waals surface area contributed by atoms with Crippen molar-refractivity contribution >= 4 is 10.9 Å². The van der Waals surface area contributed by atoms with Crippen LogP contribution >= 0.6 is 0 Å². The first-order valence-electron chi connectivity index (χ1n) is 12.6. The lowest BCUT2D eigenvalue weighted by molar-refractivity contribution is 0.160. The molecule has 1 aliphatic rings. The summed E-state index contributed by atoms with van der Waals surface area (Å²) >= 11 is 0. The summed E-state index contributed by atoms with van der Waals surface area (Å²) in [5.74, 6) is 2.92. The average molecular weight is 513 g/mol. The Hall–Kier alpha value is -4.44. The highest BCUT2D eigenvalue weighted by Gasteiger charge is 2.27. The number of furan rings is 1. The van der Waals surface area contributed by atoms with Gasteiger partial charge in [-0.15, -0.1) is 5.10 Å². The molecule has 4 heterocycles. The van der Waals surface area contributed by atoms with Gasteiger partial charge in [-0.05, 0) is 76.7 Å². The van der Waals surface area contributed by atoms with Gasteiger partial charge in [0, 0.05) is 24.2 Å². The third-order valence-corrected chi connectivity index (χ3v) is 6.85. The van der Waals surface area contributed by atoms with Gasteiger partial charge in [0.25, 0.3) is 5.56 Å². The Balaban J connectivity index is 1.37. The minimum Gasteiger partial charge on any atom is -0.467 e. The zero-order valence-corrected chi connectivity index (χ0v) is 21.3. The van der Waals surface area contributed by atoms with E-state index in [9.17, 15) is 4.79 Å². The summed E-state index contributed by atoms with van der Waals surface area (Å²) in [4.78, 5) is 18.5. The van der Waals surface area contributed by atoms with Crippen LogP contribution in [-0.4, -0.2) is 36.9 Å². The van der Waals surface area contributed by atoms with Crippen molar-refractivity contribution in [3.63, 3.8) is 0 Å². The fraction of sp³-hybridized carbons (Fsp3) is 0.286. The Labute approximate surface area is 218 Å². The van der Waals surface area contributed by atoms with E-state index in [4.69, 9.17) is 13.9 Å². The van der Waals surface area contributed by atoms with Gasteiger partial charge in [0.2, 0.25) is 6.79 Å². The van der Waals surface area contributed by atoms with Crippen LogP contribution in [-0.2, 0) is 19.6 Å². The highest BCUT2D eigenvalue weighted by molar-refractivity contribution is 5.79. The number of ether oxygens (including phenoxy) is 2. The maximum atomic E-state index is 13.2. The molecule has 0 bridgehead atoms. The highest BCUT2D eigenvalue weighted by atomic mass is 16.7. The van der Waals surface area contributed by atoms with Crippen molar-refractivity contribution in [1.82, 2.24) is 30.1 Å². The molecular weight excluding hydrogens is 484 g/mol. The van der Waals surface area contributed by atoms with Crippen molar-refractivity contribution in [2.24, 2.45) is 0 Å². The fourth-order valence-corrected chi connectivity index (χ4v) is 4.96. The number of fused-ring (bicyclic) bond motifs is 2. The van der Waals surface area contributed by atoms with Gasteiger partial charge in [-0.1, -0.05) is 25.1 Å². The Morgan fingerprint density at radius 2 is 1.97 bits per heavy atom. The Kier molecular flexibility index (Phi) is 6.38. The molecule has 10 nitrogen and oxygen atoms in total. The van der Waals surface area contributed by atoms with Gasteiger partial charge < -0.3 is 18.9 Å². The molecular formula is C28H28N6O4. The standard InChI is InChI=1S/C28H28N6O4/c1-3-24(27-30-31-32-34(27)16-22-5-4-10-36-22)33(14-19-7-9-25-26(12-19)38-17-37-25)15-21-13-20-8-6-18(2)11-23(20)29-28(21)35/h4-13,24H,3,14-17H2,1-2H3,(H,29,35)/t24-/m1/s1. The van der Waals surface area contributed by atoms with Crippen LogP contribution in [0.4, 0.5) is 0 Å². The third-order valence-electron chi connectivity index (χ3n) is 6.85. The zero-order chi connectivity index (χ0) is 26.1. The third kappa shape index (κ3) is 4.78. The van der Waals surface area contributed by atoms with Crippen LogP contribution < -0.4 is 15.0 Å². The molecule has 0 spiro atoms. The van der Waals surface area contributed by atoms with Crippen LogP contribution in [0.2, 0.25) is 0 Å². The molecule has 0 unspecified atom stereocenters. The summed E-state index contributed by atoms with van der Waals surface area (Å²) < 4.78 is 18.4. The van der Waals surface area contributed by atoms with E-state index in [0.717, 1.165) is 45.7 Å². The van der Waals surface area contributed by atoms with E-state index in [0.29, 0.717) is 31.0 Å². The van der Waals surface area contributed by atoms with E-state index in [1.165, 1.54) is 0 Å². The van der Waals surface area contributed by atoms with Crippen molar-refractivity contribution in [2.75, 3.05) is 6.79 Å². The quantitative estimate of drug-likeness (QED) is 0.310. The predicted molar refractivity (Wildman–Crippen MR) is 140 cm³/mol. The molecule has 194 valence electrons. The van der Waals surface area contributed by atoms with Crippen molar-refractivity contribution in [3.8, 4) is 11.5 Å². The van der Waals surface area contributed by atoms with Gasteiger partial charge >= 0.3 is 0 Å². The molecule has 0 saturated heterocycles. The van der Waals surface area contributed by atoms with Crippen LogP contribution in [0, 0.1) is 6.92 Å². The molecule has 38 heavy (non-hydrogen) atoms. The number of H-pyrrole nitrogens is 1. The Bertz CT molecular complexity index is 1620. The molecule has 1 atom stereocenters. The molecule has 0 saturated carbocycles. The molecule has 6 rings (SSSR count). The number of hydrogen-bond donors (Lipinski definition) is 1. The number of rotatable bonds is 9. The monoisotopic (exact) mass is 512 g/mol. The maximum absolute atomic E-state index is 13.2. The second-order valence-electron chi connectivity index (χ2n) is 9.51. The maximum Gasteiger partial charge on any atom is 0.252 e. The molecule has 0 aliphatic carbocycles. The summed E-state index contributed by atoms with van der Waals surface area (Å²) in [6, 6.07) is 17.5. The lowest BCUT2D eigenvalue weighted by Gasteiger charge is -2.30. The second-order valence-corrected chi connectivity index (χ2v) is 9.51. The van der Waals surface area contributed by atoms with E-state index in [1.807, 2.05) is 61.5 Å². The summed E-state index contributed by atoms with van der Waals surface area (Å²) in [7, 11) is 0. The van der Waals surface area contributed by atoms with Gasteiger partial charge in [-0.3, -0.25) is 9.69 Å². The molecule has 5 aromatic rings. The van der Waals surface area contributed by atoms with Crippen molar-refractivity contribution in [2.45, 2.75) is 45.9 Å². The fourth-order valence-electron chi connectivity index (χ4n) is 4.96. The molecule has 10 heteroatoms. The molecule has 1 N–H and O–H groups in total. The van der Waals surface area contributed by atoms with Gasteiger partial charge in [0.05, 0.1) is 12.3 Å². The average Bonchev–Trinajstić information content (AvgIpc) is 3.68. The highest BCUT2D eigenvalue weighted by Crippen LogP contribution is 2.34. The van der Waals surface area contributed by atoms with Gasteiger partial charge in [-0.2, -0.15) is 0 Å². The summed E-state index contributed by atoms with van der Waals surface area (Å²) in [6.07, 6.45) is 2.36. The Morgan fingerprint density at radius 1 is 1.08 bits per heavy atom. The van der Waals surface area contributed by atoms with E-state index in [2.05, 4.69) is 32.3 Å². The van der Waals surface area contributed by atoms with Crippen LogP contribution in [0.25, 0.3) is 10.9 Å². The van der Waals surface area contributed by atoms with Crippen LogP contribution in [0.3, 0.4) is 0 Å². The number of tetrazole rings is 1. The summed E-state index contributed by atoms with van der Waals surface area (Å²) in [5, 5.41) is 13.6. The first kappa shape index (κ1) is 23.9. The lowest BCUT2D eigenvalue weighted by Crippen LogP contribution is -2.32. The van der Waals surface area contributed by atoms with Gasteiger partial charge in [0.1, 0.15) is 12.3 Å². The van der Waals surface area contributed by atoms with E-state index in [1.54, 1.807) is 10.9 Å². The minimum atomic E-state index is -0.168. The van der Waals surface area contributed by atoms with Crippen LogP contribution in [0.1, 0.15) is 47.7 Å². The zero-order valence-electron chi connectivity index (χ0n) is 21.3. The number of benzene rings is 2. The number of pyridine rings is 1. The largest absolute Gasteiger partial charge is 0.467 e. The van der Waals surface area contributed by atoms with Crippen molar-refractivity contribution in [1.29, 1.82) is 0 Å². The predicted octanol–water partition coefficient (Wildman–Crippen LogP) is 4.35. The lowest BCUT2D eigenvalue weighted by atomic mass is 10.1. The number of nitrogens with zero attached hydrogens (tertiary/aromatic N) is 5. The minimum absolute atomic E-state index is 0.108. The van der Waals surface area contributed by atoms with E-state index in [-0.39, 0.29) is 18.4 Å². The molecule has 3 aromatic heterocycles. The topological polar surface area (TPSA) is 111 Å². The van der Waals surface area contributed by atoms with Crippen LogP contribution in [0.5, 0.6) is 11.5 Å².